The lowest BCUT2D eigenvalue weighted by atomic mass is 9.95. The Kier molecular flexibility index (Phi) is 9.27. The smallest absolute Gasteiger partial charge is 0.426 e. The van der Waals surface area contributed by atoms with Crippen molar-refractivity contribution in [2.75, 3.05) is 0 Å². The summed E-state index contributed by atoms with van der Waals surface area (Å²) in [6, 6.07) is 18.2. The highest BCUT2D eigenvalue weighted by molar-refractivity contribution is 5.74. The Morgan fingerprint density at radius 1 is 0.556 bits per heavy atom. The number of alkyl halides is 2. The number of unbranched alkanes of at least 4 members (excludes halogenated alkanes) is 2. The standard InChI is InChI=1S/C36H26F8O/c1-2-3-4-5-21-6-8-22(9-7-21)24-12-15-28(29(37)16-24)25-17-30(38)34(31(39)18-25)23-10-13-26(14-11-23)36(43,44)45-27-19-32(40)35(42)33(41)20-27/h6-20H,2-5H2,1H3. The average molecular weight is 627 g/mol. The fraction of sp³-hybridized carbons (Fsp3) is 0.167. The minimum Gasteiger partial charge on any atom is -0.429 e. The molecule has 0 unspecified atom stereocenters. The van der Waals surface area contributed by atoms with Gasteiger partial charge < -0.3 is 4.74 Å². The third kappa shape index (κ3) is 7.03. The lowest BCUT2D eigenvalue weighted by Gasteiger charge is -2.19. The predicted molar refractivity (Wildman–Crippen MR) is 157 cm³/mol. The van der Waals surface area contributed by atoms with Crippen molar-refractivity contribution < 1.29 is 39.9 Å². The molecular formula is C36H26F8O. The van der Waals surface area contributed by atoms with Gasteiger partial charge in [0.2, 0.25) is 0 Å². The van der Waals surface area contributed by atoms with Crippen molar-refractivity contribution in [3.05, 3.63) is 137 Å². The maximum absolute atomic E-state index is 15.2. The first-order valence-corrected chi connectivity index (χ1v) is 14.2. The van der Waals surface area contributed by atoms with E-state index in [-0.39, 0.29) is 28.8 Å². The Balaban J connectivity index is 1.35. The second-order valence-corrected chi connectivity index (χ2v) is 10.6. The maximum Gasteiger partial charge on any atom is 0.426 e. The molecule has 0 aliphatic rings. The summed E-state index contributed by atoms with van der Waals surface area (Å²) >= 11 is 0. The molecule has 0 saturated carbocycles. The molecule has 45 heavy (non-hydrogen) atoms. The first kappa shape index (κ1) is 31.8. The van der Waals surface area contributed by atoms with Crippen LogP contribution in [0.15, 0.2) is 91.0 Å². The van der Waals surface area contributed by atoms with Crippen LogP contribution in [-0.2, 0) is 12.5 Å². The van der Waals surface area contributed by atoms with E-state index in [0.717, 1.165) is 67.6 Å². The zero-order chi connectivity index (χ0) is 32.3. The number of hydrogen-bond donors (Lipinski definition) is 0. The monoisotopic (exact) mass is 626 g/mol. The zero-order valence-electron chi connectivity index (χ0n) is 23.9. The van der Waals surface area contributed by atoms with Crippen LogP contribution in [0.5, 0.6) is 5.75 Å². The molecule has 5 aromatic carbocycles. The molecule has 5 rings (SSSR count). The van der Waals surface area contributed by atoms with E-state index >= 15 is 13.2 Å². The highest BCUT2D eigenvalue weighted by atomic mass is 19.3. The van der Waals surface area contributed by atoms with E-state index in [0.29, 0.717) is 5.56 Å². The molecule has 0 atom stereocenters. The molecule has 1 nitrogen and oxygen atoms in total. The van der Waals surface area contributed by atoms with Gasteiger partial charge in [-0.05, 0) is 71.0 Å². The highest BCUT2D eigenvalue weighted by Gasteiger charge is 2.35. The van der Waals surface area contributed by atoms with Gasteiger partial charge in [-0.1, -0.05) is 68.3 Å². The van der Waals surface area contributed by atoms with Gasteiger partial charge in [-0.3, -0.25) is 0 Å². The van der Waals surface area contributed by atoms with E-state index in [1.807, 2.05) is 24.3 Å². The molecule has 0 aliphatic carbocycles. The normalized spacial score (nSPS) is 11.6. The van der Waals surface area contributed by atoms with Crippen LogP contribution in [0.2, 0.25) is 0 Å². The van der Waals surface area contributed by atoms with E-state index in [1.165, 1.54) is 17.7 Å². The first-order chi connectivity index (χ1) is 21.5. The Hall–Kier alpha value is -4.66. The number of ether oxygens (including phenoxy) is 1. The van der Waals surface area contributed by atoms with Gasteiger partial charge >= 0.3 is 6.11 Å². The predicted octanol–water partition coefficient (Wildman–Crippen LogP) is 11.4. The molecule has 5 aromatic rings. The van der Waals surface area contributed by atoms with Crippen LogP contribution in [-0.4, -0.2) is 0 Å². The highest BCUT2D eigenvalue weighted by Crippen LogP contribution is 2.37. The third-order valence-electron chi connectivity index (χ3n) is 7.39. The van der Waals surface area contributed by atoms with Crippen LogP contribution in [0.3, 0.4) is 0 Å². The van der Waals surface area contributed by atoms with E-state index in [1.54, 1.807) is 6.07 Å². The van der Waals surface area contributed by atoms with Crippen molar-refractivity contribution in [3.8, 4) is 39.1 Å². The first-order valence-electron chi connectivity index (χ1n) is 14.2. The Labute approximate surface area is 254 Å². The van der Waals surface area contributed by atoms with Crippen molar-refractivity contribution in [2.24, 2.45) is 0 Å². The van der Waals surface area contributed by atoms with Crippen LogP contribution >= 0.6 is 0 Å². The zero-order valence-corrected chi connectivity index (χ0v) is 23.9. The van der Waals surface area contributed by atoms with Crippen molar-refractivity contribution >= 4 is 0 Å². The van der Waals surface area contributed by atoms with Gasteiger partial charge in [0.1, 0.15) is 23.2 Å². The molecule has 0 radical (unpaired) electrons. The number of hydrogen-bond acceptors (Lipinski definition) is 1. The maximum atomic E-state index is 15.2. The molecule has 0 bridgehead atoms. The fourth-order valence-electron chi connectivity index (χ4n) is 5.01. The Morgan fingerprint density at radius 2 is 1.11 bits per heavy atom. The van der Waals surface area contributed by atoms with Crippen LogP contribution in [0.4, 0.5) is 35.1 Å². The molecule has 232 valence electrons. The second-order valence-electron chi connectivity index (χ2n) is 10.6. The number of aryl methyl sites for hydroxylation is 1. The quantitative estimate of drug-likeness (QED) is 0.0852. The van der Waals surface area contributed by atoms with E-state index in [9.17, 15) is 22.0 Å². The Bertz CT molecular complexity index is 1770. The molecule has 0 aromatic heterocycles. The topological polar surface area (TPSA) is 9.23 Å². The molecule has 0 N–H and O–H groups in total. The summed E-state index contributed by atoms with van der Waals surface area (Å²) in [5, 5.41) is 0. The van der Waals surface area contributed by atoms with Gasteiger partial charge in [0.15, 0.2) is 17.5 Å². The van der Waals surface area contributed by atoms with E-state index < -0.39 is 57.9 Å². The van der Waals surface area contributed by atoms with Crippen molar-refractivity contribution in [1.29, 1.82) is 0 Å². The molecule has 0 aliphatic heterocycles. The summed E-state index contributed by atoms with van der Waals surface area (Å²) in [7, 11) is 0. The van der Waals surface area contributed by atoms with Gasteiger partial charge in [0, 0.05) is 17.7 Å². The van der Waals surface area contributed by atoms with Crippen molar-refractivity contribution in [2.45, 2.75) is 38.7 Å². The molecule has 0 amide bonds. The lowest BCUT2D eigenvalue weighted by molar-refractivity contribution is -0.185. The molecule has 0 saturated heterocycles. The van der Waals surface area contributed by atoms with Crippen LogP contribution in [0, 0.1) is 34.9 Å². The minimum atomic E-state index is -4.13. The SMILES string of the molecule is CCCCCc1ccc(-c2ccc(-c3cc(F)c(-c4ccc(C(F)(F)Oc5cc(F)c(F)c(F)c5)cc4)c(F)c3)c(F)c2)cc1. The third-order valence-corrected chi connectivity index (χ3v) is 7.39. The average Bonchev–Trinajstić information content (AvgIpc) is 3.00. The summed E-state index contributed by atoms with van der Waals surface area (Å²) in [6.45, 7) is 2.14. The lowest BCUT2D eigenvalue weighted by Crippen LogP contribution is -2.22. The van der Waals surface area contributed by atoms with Crippen LogP contribution in [0.25, 0.3) is 33.4 Å². The van der Waals surface area contributed by atoms with Gasteiger partial charge in [-0.2, -0.15) is 8.78 Å². The van der Waals surface area contributed by atoms with Crippen molar-refractivity contribution in [1.82, 2.24) is 0 Å². The summed E-state index contributed by atoms with van der Waals surface area (Å²) in [4.78, 5) is 0. The number of benzene rings is 5. The fourth-order valence-corrected chi connectivity index (χ4v) is 5.01. The van der Waals surface area contributed by atoms with Gasteiger partial charge in [-0.15, -0.1) is 0 Å². The van der Waals surface area contributed by atoms with Gasteiger partial charge in [0.25, 0.3) is 0 Å². The second kappa shape index (κ2) is 13.1. The molecular weight excluding hydrogens is 600 g/mol. The summed E-state index contributed by atoms with van der Waals surface area (Å²) < 4.78 is 119. The molecule has 0 heterocycles. The number of rotatable bonds is 10. The molecule has 0 spiro atoms. The van der Waals surface area contributed by atoms with E-state index in [4.69, 9.17) is 0 Å². The van der Waals surface area contributed by atoms with E-state index in [2.05, 4.69) is 11.7 Å². The molecule has 0 fully saturated rings. The van der Waals surface area contributed by atoms with Crippen molar-refractivity contribution in [3.63, 3.8) is 0 Å². The summed E-state index contributed by atoms with van der Waals surface area (Å²) in [6.07, 6.45) is 0.192. The van der Waals surface area contributed by atoms with Crippen LogP contribution < -0.4 is 4.74 Å². The van der Waals surface area contributed by atoms with Crippen LogP contribution in [0.1, 0.15) is 37.3 Å². The largest absolute Gasteiger partial charge is 0.429 e. The molecule has 9 heteroatoms. The summed E-state index contributed by atoms with van der Waals surface area (Å²) in [5.74, 6) is -9.04. The minimum absolute atomic E-state index is 0.0277. The van der Waals surface area contributed by atoms with Gasteiger partial charge in [-0.25, -0.2) is 26.3 Å². The van der Waals surface area contributed by atoms with Gasteiger partial charge in [0.05, 0.1) is 11.1 Å². The Morgan fingerprint density at radius 3 is 1.69 bits per heavy atom. The number of halogens is 8. The summed E-state index contributed by atoms with van der Waals surface area (Å²) in [5.41, 5.74) is 1.05.